The van der Waals surface area contributed by atoms with Gasteiger partial charge in [0, 0.05) is 31.5 Å². The third-order valence-electron chi connectivity index (χ3n) is 4.68. The Hall–Kier alpha value is -2.84. The fourth-order valence-corrected chi connectivity index (χ4v) is 4.47. The van der Waals surface area contributed by atoms with Crippen LogP contribution in [0.2, 0.25) is 5.02 Å². The number of nitrogens with zero attached hydrogens (tertiary/aromatic N) is 4. The van der Waals surface area contributed by atoms with Crippen molar-refractivity contribution in [3.63, 3.8) is 0 Å². The van der Waals surface area contributed by atoms with Gasteiger partial charge in [-0.05, 0) is 37.1 Å². The van der Waals surface area contributed by atoms with Crippen molar-refractivity contribution in [2.45, 2.75) is 19.9 Å². The lowest BCUT2D eigenvalue weighted by molar-refractivity contribution is 0.0982. The summed E-state index contributed by atoms with van der Waals surface area (Å²) in [5, 5.41) is 0.957. The molecule has 154 valence electrons. The molecule has 0 atom stereocenters. The van der Waals surface area contributed by atoms with Crippen molar-refractivity contribution in [3.05, 3.63) is 76.8 Å². The summed E-state index contributed by atoms with van der Waals surface area (Å²) in [7, 11) is 0. The second-order valence-corrected chi connectivity index (χ2v) is 8.16. The molecule has 4 aromatic rings. The van der Waals surface area contributed by atoms with Crippen LogP contribution in [0.5, 0.6) is 0 Å². The number of aromatic nitrogens is 3. The van der Waals surface area contributed by atoms with Crippen LogP contribution < -0.4 is 4.90 Å². The lowest BCUT2D eigenvalue weighted by Gasteiger charge is -2.20. The molecule has 2 aromatic heterocycles. The number of thiazole rings is 1. The van der Waals surface area contributed by atoms with Crippen LogP contribution in [0.4, 0.5) is 13.9 Å². The normalized spacial score (nSPS) is 11.2. The molecule has 0 N–H and O–H groups in total. The Morgan fingerprint density at radius 3 is 2.80 bits per heavy atom. The quantitative estimate of drug-likeness (QED) is 0.394. The van der Waals surface area contributed by atoms with Gasteiger partial charge in [0.2, 0.25) is 0 Å². The summed E-state index contributed by atoms with van der Waals surface area (Å²) in [6, 6.07) is 6.57. The summed E-state index contributed by atoms with van der Waals surface area (Å²) in [5.41, 5.74) is 1.42. The molecule has 2 aromatic carbocycles. The summed E-state index contributed by atoms with van der Waals surface area (Å²) in [4.78, 5) is 23.2. The zero-order chi connectivity index (χ0) is 21.3. The minimum atomic E-state index is -0.907. The highest BCUT2D eigenvalue weighted by molar-refractivity contribution is 7.23. The molecule has 2 heterocycles. The van der Waals surface area contributed by atoms with E-state index in [0.717, 1.165) is 22.4 Å². The van der Waals surface area contributed by atoms with Crippen molar-refractivity contribution >= 4 is 44.2 Å². The van der Waals surface area contributed by atoms with E-state index in [-0.39, 0.29) is 5.56 Å². The maximum absolute atomic E-state index is 14.3. The lowest BCUT2D eigenvalue weighted by Crippen LogP contribution is -2.33. The van der Waals surface area contributed by atoms with E-state index >= 15 is 0 Å². The van der Waals surface area contributed by atoms with Crippen molar-refractivity contribution < 1.29 is 13.6 Å². The van der Waals surface area contributed by atoms with E-state index in [4.69, 9.17) is 11.6 Å². The standard InChI is InChI=1S/C21H17ClF2N4OS/c1-13-3-6-16(22)19-18(13)26-21(30-19)28(9-2-8-27-10-7-25-12-27)20(29)15-5-4-14(23)11-17(15)24/h3-7,10-12H,2,8-9H2,1H3. The lowest BCUT2D eigenvalue weighted by atomic mass is 10.1. The predicted molar refractivity (Wildman–Crippen MR) is 114 cm³/mol. The molecule has 0 bridgehead atoms. The first-order chi connectivity index (χ1) is 14.4. The van der Waals surface area contributed by atoms with Gasteiger partial charge in [-0.2, -0.15) is 0 Å². The van der Waals surface area contributed by atoms with E-state index < -0.39 is 17.5 Å². The van der Waals surface area contributed by atoms with Gasteiger partial charge in [0.15, 0.2) is 5.13 Å². The summed E-state index contributed by atoms with van der Waals surface area (Å²) in [6.45, 7) is 2.83. The van der Waals surface area contributed by atoms with E-state index in [2.05, 4.69) is 9.97 Å². The highest BCUT2D eigenvalue weighted by Crippen LogP contribution is 2.36. The molecule has 0 fully saturated rings. The summed E-state index contributed by atoms with van der Waals surface area (Å²) < 4.78 is 30.3. The Morgan fingerprint density at radius 1 is 1.27 bits per heavy atom. The number of amides is 1. The van der Waals surface area contributed by atoms with E-state index in [1.807, 2.05) is 23.8 Å². The molecular weight excluding hydrogens is 430 g/mol. The number of benzene rings is 2. The molecular formula is C21H17ClF2N4OS. The minimum absolute atomic E-state index is 0.207. The molecule has 0 saturated carbocycles. The van der Waals surface area contributed by atoms with Crippen LogP contribution in [0.3, 0.4) is 0 Å². The van der Waals surface area contributed by atoms with Crippen LogP contribution >= 0.6 is 22.9 Å². The van der Waals surface area contributed by atoms with Crippen LogP contribution in [-0.4, -0.2) is 27.0 Å². The van der Waals surface area contributed by atoms with E-state index in [1.165, 1.54) is 16.2 Å². The van der Waals surface area contributed by atoms with Gasteiger partial charge in [0.05, 0.1) is 27.1 Å². The van der Waals surface area contributed by atoms with E-state index in [9.17, 15) is 13.6 Å². The van der Waals surface area contributed by atoms with Gasteiger partial charge in [-0.25, -0.2) is 18.7 Å². The molecule has 1 amide bonds. The molecule has 0 spiro atoms. The smallest absolute Gasteiger partial charge is 0.263 e. The average molecular weight is 447 g/mol. The fraction of sp³-hybridized carbons (Fsp3) is 0.190. The average Bonchev–Trinajstić information content (AvgIpc) is 3.38. The largest absolute Gasteiger partial charge is 0.337 e. The number of aryl methyl sites for hydroxylation is 2. The zero-order valence-electron chi connectivity index (χ0n) is 16.0. The molecule has 30 heavy (non-hydrogen) atoms. The Bertz CT molecular complexity index is 1170. The molecule has 9 heteroatoms. The molecule has 4 rings (SSSR count). The van der Waals surface area contributed by atoms with Gasteiger partial charge in [-0.15, -0.1) is 0 Å². The van der Waals surface area contributed by atoms with Gasteiger partial charge >= 0.3 is 0 Å². The second kappa shape index (κ2) is 8.49. The molecule has 0 saturated heterocycles. The zero-order valence-corrected chi connectivity index (χ0v) is 17.6. The first-order valence-corrected chi connectivity index (χ1v) is 10.4. The highest BCUT2D eigenvalue weighted by Gasteiger charge is 2.24. The van der Waals surface area contributed by atoms with E-state index in [0.29, 0.717) is 41.2 Å². The molecule has 5 nitrogen and oxygen atoms in total. The first kappa shape index (κ1) is 20.4. The van der Waals surface area contributed by atoms with Gasteiger partial charge < -0.3 is 4.57 Å². The van der Waals surface area contributed by atoms with Crippen LogP contribution in [-0.2, 0) is 6.54 Å². The monoisotopic (exact) mass is 446 g/mol. The molecule has 0 aliphatic carbocycles. The third kappa shape index (κ3) is 4.06. The number of anilines is 1. The Balaban J connectivity index is 1.70. The number of hydrogen-bond donors (Lipinski definition) is 0. The minimum Gasteiger partial charge on any atom is -0.337 e. The number of rotatable bonds is 6. The van der Waals surface area contributed by atoms with E-state index in [1.54, 1.807) is 18.6 Å². The second-order valence-electron chi connectivity index (χ2n) is 6.77. The van der Waals surface area contributed by atoms with Gasteiger partial charge in [-0.1, -0.05) is 29.0 Å². The van der Waals surface area contributed by atoms with Gasteiger partial charge in [0.25, 0.3) is 5.91 Å². The van der Waals surface area contributed by atoms with Crippen LogP contribution in [0.1, 0.15) is 22.3 Å². The summed E-state index contributed by atoms with van der Waals surface area (Å²) in [6.07, 6.45) is 5.78. The fourth-order valence-electron chi connectivity index (χ4n) is 3.13. The number of hydrogen-bond acceptors (Lipinski definition) is 4. The van der Waals surface area contributed by atoms with Crippen molar-refractivity contribution in [1.82, 2.24) is 14.5 Å². The number of fused-ring (bicyclic) bond motifs is 1. The number of carbonyl (C=O) groups excluding carboxylic acids is 1. The topological polar surface area (TPSA) is 51.0 Å². The van der Waals surface area contributed by atoms with Crippen molar-refractivity contribution in [3.8, 4) is 0 Å². The predicted octanol–water partition coefficient (Wildman–Crippen LogP) is 5.47. The van der Waals surface area contributed by atoms with Crippen LogP contribution in [0.25, 0.3) is 10.2 Å². The third-order valence-corrected chi connectivity index (χ3v) is 6.22. The summed E-state index contributed by atoms with van der Waals surface area (Å²) in [5.74, 6) is -2.22. The van der Waals surface area contributed by atoms with Crippen molar-refractivity contribution in [2.24, 2.45) is 0 Å². The number of imidazole rings is 1. The Morgan fingerprint density at radius 2 is 2.10 bits per heavy atom. The first-order valence-electron chi connectivity index (χ1n) is 9.22. The molecule has 0 radical (unpaired) electrons. The van der Waals surface area contributed by atoms with Crippen molar-refractivity contribution in [1.29, 1.82) is 0 Å². The van der Waals surface area contributed by atoms with Gasteiger partial charge in [-0.3, -0.25) is 9.69 Å². The maximum Gasteiger partial charge on any atom is 0.263 e. The van der Waals surface area contributed by atoms with Crippen LogP contribution in [0, 0.1) is 18.6 Å². The molecule has 0 unspecified atom stereocenters. The Kier molecular flexibility index (Phi) is 5.78. The Labute approximate surface area is 180 Å². The molecule has 0 aliphatic rings. The van der Waals surface area contributed by atoms with Gasteiger partial charge in [0.1, 0.15) is 11.6 Å². The number of carbonyl (C=O) groups is 1. The number of halogens is 3. The maximum atomic E-state index is 14.3. The van der Waals surface area contributed by atoms with Crippen molar-refractivity contribution in [2.75, 3.05) is 11.4 Å². The summed E-state index contributed by atoms with van der Waals surface area (Å²) >= 11 is 7.59. The SMILES string of the molecule is Cc1ccc(Cl)c2sc(N(CCCn3ccnc3)C(=O)c3ccc(F)cc3F)nc12. The molecule has 0 aliphatic heterocycles. The highest BCUT2D eigenvalue weighted by atomic mass is 35.5. The van der Waals surface area contributed by atoms with Crippen LogP contribution in [0.15, 0.2) is 49.1 Å².